The van der Waals surface area contributed by atoms with Gasteiger partial charge in [-0.15, -0.1) is 0 Å². The van der Waals surface area contributed by atoms with Gasteiger partial charge in [0.2, 0.25) is 0 Å². The predicted molar refractivity (Wildman–Crippen MR) is 52.6 cm³/mol. The molecule has 0 N–H and O–H groups in total. The third-order valence-corrected chi connectivity index (χ3v) is 2.25. The highest BCUT2D eigenvalue weighted by atomic mass is 14.3. The van der Waals surface area contributed by atoms with Gasteiger partial charge in [-0.05, 0) is 12.8 Å². The molecule has 0 bridgehead atoms. The molecule has 0 aromatic rings. The van der Waals surface area contributed by atoms with E-state index in [-0.39, 0.29) is 11.8 Å². The number of nitrogens with zero attached hydrogens (tertiary/aromatic N) is 3. The Kier molecular flexibility index (Phi) is 7.20. The van der Waals surface area contributed by atoms with E-state index in [0.717, 1.165) is 19.3 Å². The molecule has 0 amide bonds. The van der Waals surface area contributed by atoms with E-state index in [1.54, 1.807) is 0 Å². The summed E-state index contributed by atoms with van der Waals surface area (Å²) in [5.74, 6) is -0.473. The Labute approximate surface area is 85.6 Å². The van der Waals surface area contributed by atoms with Crippen molar-refractivity contribution in [2.24, 2.45) is 11.8 Å². The Bertz CT molecular complexity index is 264. The van der Waals surface area contributed by atoms with E-state index in [2.05, 4.69) is 19.1 Å². The first kappa shape index (κ1) is 12.5. The van der Waals surface area contributed by atoms with Crippen LogP contribution in [-0.4, -0.2) is 0 Å². The van der Waals surface area contributed by atoms with E-state index >= 15 is 0 Å². The highest BCUT2D eigenvalue weighted by Gasteiger charge is 2.19. The number of hydrogen-bond donors (Lipinski definition) is 0. The van der Waals surface area contributed by atoms with E-state index in [1.165, 1.54) is 0 Å². The topological polar surface area (TPSA) is 71.4 Å². The Morgan fingerprint density at radius 3 is 2.00 bits per heavy atom. The van der Waals surface area contributed by atoms with Gasteiger partial charge in [0.05, 0.1) is 30.0 Å². The fourth-order valence-corrected chi connectivity index (χ4v) is 1.36. The van der Waals surface area contributed by atoms with Gasteiger partial charge >= 0.3 is 0 Å². The normalized spacial score (nSPS) is 13.3. The first-order chi connectivity index (χ1) is 6.79. The smallest absolute Gasteiger partial charge is 0.0669 e. The summed E-state index contributed by atoms with van der Waals surface area (Å²) < 4.78 is 0. The van der Waals surface area contributed by atoms with Crippen LogP contribution in [0.1, 0.15) is 39.0 Å². The van der Waals surface area contributed by atoms with Crippen LogP contribution in [0.3, 0.4) is 0 Å². The zero-order valence-corrected chi connectivity index (χ0v) is 8.53. The lowest BCUT2D eigenvalue weighted by molar-refractivity contribution is 0.429. The molecule has 0 rings (SSSR count). The molecule has 0 heterocycles. The molecule has 0 aliphatic carbocycles. The summed E-state index contributed by atoms with van der Waals surface area (Å²) in [5, 5.41) is 26.1. The molecule has 0 saturated carbocycles. The average Bonchev–Trinajstić information content (AvgIpc) is 2.23. The van der Waals surface area contributed by atoms with Gasteiger partial charge in [-0.2, -0.15) is 15.8 Å². The number of hydrogen-bond acceptors (Lipinski definition) is 3. The molecule has 74 valence electrons. The zero-order valence-electron chi connectivity index (χ0n) is 8.53. The van der Waals surface area contributed by atoms with Crippen molar-refractivity contribution in [3.8, 4) is 18.2 Å². The van der Waals surface area contributed by atoms with Gasteiger partial charge in [0.25, 0.3) is 0 Å². The third-order valence-electron chi connectivity index (χ3n) is 2.25. The van der Waals surface area contributed by atoms with Crippen molar-refractivity contribution in [1.29, 1.82) is 15.8 Å². The SMILES string of the molecule is CCCCC(C#N)C(C#N)CCC#N. The largest absolute Gasteiger partial charge is 0.198 e. The maximum absolute atomic E-state index is 8.87. The Morgan fingerprint density at radius 2 is 1.57 bits per heavy atom. The third kappa shape index (κ3) is 4.48. The van der Waals surface area contributed by atoms with Crippen LogP contribution in [0.2, 0.25) is 0 Å². The average molecular weight is 189 g/mol. The maximum Gasteiger partial charge on any atom is 0.0669 e. The molecular weight excluding hydrogens is 174 g/mol. The first-order valence-corrected chi connectivity index (χ1v) is 4.96. The van der Waals surface area contributed by atoms with Gasteiger partial charge in [-0.1, -0.05) is 19.8 Å². The van der Waals surface area contributed by atoms with E-state index in [4.69, 9.17) is 15.8 Å². The van der Waals surface area contributed by atoms with Crippen molar-refractivity contribution in [3.05, 3.63) is 0 Å². The molecule has 0 fully saturated rings. The molecular formula is C11H15N3. The van der Waals surface area contributed by atoms with E-state index in [0.29, 0.717) is 12.8 Å². The van der Waals surface area contributed by atoms with Crippen LogP contribution < -0.4 is 0 Å². The summed E-state index contributed by atoms with van der Waals surface area (Å²) >= 11 is 0. The lowest BCUT2D eigenvalue weighted by Gasteiger charge is -2.12. The summed E-state index contributed by atoms with van der Waals surface area (Å²) in [6.07, 6.45) is 3.67. The maximum atomic E-state index is 8.87. The minimum absolute atomic E-state index is 0.201. The van der Waals surface area contributed by atoms with Crippen molar-refractivity contribution >= 4 is 0 Å². The molecule has 3 nitrogen and oxygen atoms in total. The minimum Gasteiger partial charge on any atom is -0.198 e. The highest BCUT2D eigenvalue weighted by Crippen LogP contribution is 2.21. The van der Waals surface area contributed by atoms with Crippen LogP contribution in [0.5, 0.6) is 0 Å². The molecule has 0 radical (unpaired) electrons. The quantitative estimate of drug-likeness (QED) is 0.645. The van der Waals surface area contributed by atoms with Gasteiger partial charge in [0, 0.05) is 6.42 Å². The molecule has 0 aromatic carbocycles. The van der Waals surface area contributed by atoms with E-state index < -0.39 is 0 Å². The van der Waals surface area contributed by atoms with Crippen LogP contribution in [0, 0.1) is 45.8 Å². The first-order valence-electron chi connectivity index (χ1n) is 4.96. The Hall–Kier alpha value is -1.53. The summed E-state index contributed by atoms with van der Waals surface area (Å²) in [4.78, 5) is 0. The standard InChI is InChI=1S/C11H15N3/c1-2-3-5-10(8-13)11(9-14)6-4-7-12/h10-11H,2-6H2,1H3. The van der Waals surface area contributed by atoms with E-state index in [1.807, 2.05) is 6.07 Å². The molecule has 0 aliphatic heterocycles. The number of unbranched alkanes of at least 4 members (excludes halogenated alkanes) is 1. The summed E-state index contributed by atoms with van der Waals surface area (Å²) in [6, 6.07) is 6.30. The molecule has 0 aromatic heterocycles. The van der Waals surface area contributed by atoms with Gasteiger partial charge in [-0.25, -0.2) is 0 Å². The fourth-order valence-electron chi connectivity index (χ4n) is 1.36. The fraction of sp³-hybridized carbons (Fsp3) is 0.727. The van der Waals surface area contributed by atoms with Gasteiger partial charge < -0.3 is 0 Å². The number of rotatable bonds is 6. The second kappa shape index (κ2) is 8.09. The summed E-state index contributed by atoms with van der Waals surface area (Å²) in [7, 11) is 0. The van der Waals surface area contributed by atoms with Crippen molar-refractivity contribution in [1.82, 2.24) is 0 Å². The number of nitriles is 3. The van der Waals surface area contributed by atoms with Crippen LogP contribution in [-0.2, 0) is 0 Å². The molecule has 2 unspecified atom stereocenters. The molecule has 0 aliphatic rings. The van der Waals surface area contributed by atoms with Crippen LogP contribution in [0.25, 0.3) is 0 Å². The van der Waals surface area contributed by atoms with Crippen molar-refractivity contribution in [2.45, 2.75) is 39.0 Å². The summed E-state index contributed by atoms with van der Waals surface area (Å²) in [6.45, 7) is 2.06. The minimum atomic E-state index is -0.272. The lowest BCUT2D eigenvalue weighted by Crippen LogP contribution is -2.11. The van der Waals surface area contributed by atoms with Crippen molar-refractivity contribution in [2.75, 3.05) is 0 Å². The lowest BCUT2D eigenvalue weighted by atomic mass is 9.87. The highest BCUT2D eigenvalue weighted by molar-refractivity contribution is 4.98. The molecule has 2 atom stereocenters. The molecule has 0 spiro atoms. The molecule has 3 heteroatoms. The van der Waals surface area contributed by atoms with Crippen LogP contribution in [0.15, 0.2) is 0 Å². The van der Waals surface area contributed by atoms with Crippen molar-refractivity contribution < 1.29 is 0 Å². The summed E-state index contributed by atoms with van der Waals surface area (Å²) in [5.41, 5.74) is 0. The monoisotopic (exact) mass is 189 g/mol. The molecule has 14 heavy (non-hydrogen) atoms. The van der Waals surface area contributed by atoms with Crippen LogP contribution >= 0.6 is 0 Å². The van der Waals surface area contributed by atoms with Crippen LogP contribution in [0.4, 0.5) is 0 Å². The van der Waals surface area contributed by atoms with Gasteiger partial charge in [0.1, 0.15) is 0 Å². The van der Waals surface area contributed by atoms with Gasteiger partial charge in [0.15, 0.2) is 0 Å². The Balaban J connectivity index is 4.12. The van der Waals surface area contributed by atoms with Crippen molar-refractivity contribution in [3.63, 3.8) is 0 Å². The second-order valence-electron chi connectivity index (χ2n) is 3.31. The Morgan fingerprint density at radius 1 is 1.00 bits per heavy atom. The zero-order chi connectivity index (χ0) is 10.8. The van der Waals surface area contributed by atoms with E-state index in [9.17, 15) is 0 Å². The molecule has 0 saturated heterocycles. The van der Waals surface area contributed by atoms with Gasteiger partial charge in [-0.3, -0.25) is 0 Å². The predicted octanol–water partition coefficient (Wildman–Crippen LogP) is 2.76. The second-order valence-corrected chi connectivity index (χ2v) is 3.31.